The van der Waals surface area contributed by atoms with Crippen molar-refractivity contribution in [3.8, 4) is 0 Å². The van der Waals surface area contributed by atoms with Crippen molar-refractivity contribution in [3.05, 3.63) is 115 Å². The molecule has 0 aromatic heterocycles. The molecular formula is C23H20NP. The Kier molecular flexibility index (Phi) is 4.50. The molecular weight excluding hydrogens is 321 g/mol. The van der Waals surface area contributed by atoms with Crippen LogP contribution in [0.5, 0.6) is 0 Å². The summed E-state index contributed by atoms with van der Waals surface area (Å²) in [7, 11) is -2.02. The van der Waals surface area contributed by atoms with Crippen LogP contribution in [0.2, 0.25) is 0 Å². The lowest BCUT2D eigenvalue weighted by Crippen LogP contribution is -2.23. The fraction of sp³-hybridized carbons (Fsp3) is 0.0435. The van der Waals surface area contributed by atoms with Crippen molar-refractivity contribution < 1.29 is 0 Å². The van der Waals surface area contributed by atoms with E-state index in [0.29, 0.717) is 0 Å². The molecule has 122 valence electrons. The van der Waals surface area contributed by atoms with Crippen LogP contribution in [0.4, 0.5) is 5.69 Å². The standard InChI is InChI=1S/C23H20NP/c1-4-12-20(13-5-1)24-25(23-18-10-11-19-23,21-14-6-2-7-15-21)22-16-8-3-9-17-22/h1-19,23H. The van der Waals surface area contributed by atoms with Gasteiger partial charge in [-0.05, 0) is 22.7 Å². The molecule has 0 radical (unpaired) electrons. The third-order valence-electron chi connectivity index (χ3n) is 4.49. The third-order valence-corrected chi connectivity index (χ3v) is 8.41. The summed E-state index contributed by atoms with van der Waals surface area (Å²) >= 11 is 0. The highest BCUT2D eigenvalue weighted by molar-refractivity contribution is 7.82. The van der Waals surface area contributed by atoms with Crippen molar-refractivity contribution in [2.45, 2.75) is 5.66 Å². The Hall–Kier alpha value is -2.63. The van der Waals surface area contributed by atoms with Gasteiger partial charge in [0.05, 0.1) is 5.69 Å². The molecule has 0 saturated heterocycles. The fourth-order valence-corrected chi connectivity index (χ4v) is 7.13. The molecule has 0 aliphatic heterocycles. The first kappa shape index (κ1) is 15.9. The number of hydrogen-bond acceptors (Lipinski definition) is 1. The van der Waals surface area contributed by atoms with E-state index in [1.165, 1.54) is 10.6 Å². The molecule has 25 heavy (non-hydrogen) atoms. The molecule has 0 fully saturated rings. The predicted octanol–water partition coefficient (Wildman–Crippen LogP) is 5.66. The van der Waals surface area contributed by atoms with Gasteiger partial charge in [-0.2, -0.15) is 0 Å². The van der Waals surface area contributed by atoms with Gasteiger partial charge in [0, 0.05) is 12.7 Å². The highest BCUT2D eigenvalue weighted by Gasteiger charge is 2.32. The van der Waals surface area contributed by atoms with Crippen LogP contribution in [0.25, 0.3) is 0 Å². The normalized spacial score (nSPS) is 13.9. The van der Waals surface area contributed by atoms with Gasteiger partial charge in [0.25, 0.3) is 0 Å². The van der Waals surface area contributed by atoms with Gasteiger partial charge in [0.1, 0.15) is 0 Å². The maximum atomic E-state index is 5.42. The van der Waals surface area contributed by atoms with Gasteiger partial charge in [0.15, 0.2) is 0 Å². The molecule has 1 nitrogen and oxygen atoms in total. The fourth-order valence-electron chi connectivity index (χ4n) is 3.33. The minimum atomic E-state index is -2.02. The Bertz CT molecular complexity index is 886. The lowest BCUT2D eigenvalue weighted by molar-refractivity contribution is 1.40. The van der Waals surface area contributed by atoms with Crippen molar-refractivity contribution in [3.63, 3.8) is 0 Å². The van der Waals surface area contributed by atoms with Gasteiger partial charge >= 0.3 is 0 Å². The first-order valence-electron chi connectivity index (χ1n) is 8.53. The van der Waals surface area contributed by atoms with Crippen LogP contribution in [0.3, 0.4) is 0 Å². The zero-order chi connectivity index (χ0) is 17.0. The molecule has 0 heterocycles. The minimum absolute atomic E-state index is 0.289. The molecule has 4 rings (SSSR count). The zero-order valence-corrected chi connectivity index (χ0v) is 14.8. The SMILES string of the molecule is C1=CC(P(=Nc2ccccc2)(c2ccccc2)c2ccccc2)C=C1. The number of allylic oxidation sites excluding steroid dienone is 4. The van der Waals surface area contributed by atoms with E-state index in [4.69, 9.17) is 4.74 Å². The van der Waals surface area contributed by atoms with E-state index in [2.05, 4.69) is 109 Å². The van der Waals surface area contributed by atoms with Crippen LogP contribution < -0.4 is 10.6 Å². The zero-order valence-electron chi connectivity index (χ0n) is 13.9. The molecule has 0 atom stereocenters. The Morgan fingerprint density at radius 1 is 0.560 bits per heavy atom. The number of nitrogens with zero attached hydrogens (tertiary/aromatic N) is 1. The van der Waals surface area contributed by atoms with Crippen molar-refractivity contribution in [2.24, 2.45) is 4.74 Å². The smallest absolute Gasteiger partial charge is 0.0621 e. The van der Waals surface area contributed by atoms with Crippen LogP contribution in [0.15, 0.2) is 120 Å². The number of benzene rings is 3. The topological polar surface area (TPSA) is 12.4 Å². The molecule has 3 aromatic rings. The van der Waals surface area contributed by atoms with Gasteiger partial charge < -0.3 is 0 Å². The van der Waals surface area contributed by atoms with Crippen LogP contribution in [-0.2, 0) is 0 Å². The lowest BCUT2D eigenvalue weighted by Gasteiger charge is -2.30. The molecule has 2 heteroatoms. The second-order valence-electron chi connectivity index (χ2n) is 6.05. The highest BCUT2D eigenvalue weighted by atomic mass is 31.2. The minimum Gasteiger partial charge on any atom is -0.258 e. The van der Waals surface area contributed by atoms with Crippen LogP contribution in [-0.4, -0.2) is 5.66 Å². The number of hydrogen-bond donors (Lipinski definition) is 0. The maximum absolute atomic E-state index is 5.42. The summed E-state index contributed by atoms with van der Waals surface area (Å²) in [5.74, 6) is 0. The molecule has 0 N–H and O–H groups in total. The van der Waals surface area contributed by atoms with E-state index in [-0.39, 0.29) is 5.66 Å². The maximum Gasteiger partial charge on any atom is 0.0621 e. The quantitative estimate of drug-likeness (QED) is 0.543. The van der Waals surface area contributed by atoms with E-state index in [0.717, 1.165) is 5.69 Å². The summed E-state index contributed by atoms with van der Waals surface area (Å²) in [6.45, 7) is 0. The molecule has 1 aliphatic carbocycles. The molecule has 0 unspecified atom stereocenters. The van der Waals surface area contributed by atoms with E-state index in [1.807, 2.05) is 6.07 Å². The monoisotopic (exact) mass is 341 g/mol. The van der Waals surface area contributed by atoms with Gasteiger partial charge in [-0.15, -0.1) is 0 Å². The Morgan fingerprint density at radius 2 is 1.00 bits per heavy atom. The molecule has 0 saturated carbocycles. The molecule has 0 spiro atoms. The third kappa shape index (κ3) is 3.04. The summed E-state index contributed by atoms with van der Waals surface area (Å²) in [6, 6.07) is 31.9. The summed E-state index contributed by atoms with van der Waals surface area (Å²) in [5, 5.41) is 2.62. The van der Waals surface area contributed by atoms with Crippen molar-refractivity contribution in [1.82, 2.24) is 0 Å². The van der Waals surface area contributed by atoms with Gasteiger partial charge in [-0.1, -0.05) is 103 Å². The molecule has 0 bridgehead atoms. The van der Waals surface area contributed by atoms with E-state index >= 15 is 0 Å². The van der Waals surface area contributed by atoms with E-state index in [9.17, 15) is 0 Å². The first-order valence-corrected chi connectivity index (χ1v) is 10.3. The molecule has 3 aromatic carbocycles. The van der Waals surface area contributed by atoms with Crippen LogP contribution in [0.1, 0.15) is 0 Å². The summed E-state index contributed by atoms with van der Waals surface area (Å²) in [6.07, 6.45) is 8.87. The lowest BCUT2D eigenvalue weighted by atomic mass is 10.3. The largest absolute Gasteiger partial charge is 0.258 e. The average molecular weight is 341 g/mol. The van der Waals surface area contributed by atoms with Crippen molar-refractivity contribution in [1.29, 1.82) is 0 Å². The number of rotatable bonds is 4. The van der Waals surface area contributed by atoms with Crippen molar-refractivity contribution in [2.75, 3.05) is 0 Å². The van der Waals surface area contributed by atoms with Gasteiger partial charge in [-0.3, -0.25) is 4.74 Å². The van der Waals surface area contributed by atoms with E-state index < -0.39 is 7.05 Å². The highest BCUT2D eigenvalue weighted by Crippen LogP contribution is 2.56. The summed E-state index contributed by atoms with van der Waals surface area (Å²) in [4.78, 5) is 0. The van der Waals surface area contributed by atoms with Crippen LogP contribution in [0, 0.1) is 0 Å². The average Bonchev–Trinajstić information content (AvgIpc) is 3.23. The Balaban J connectivity index is 2.07. The van der Waals surface area contributed by atoms with E-state index in [1.54, 1.807) is 0 Å². The Labute approximate surface area is 149 Å². The summed E-state index contributed by atoms with van der Waals surface area (Å²) in [5.41, 5.74) is 1.33. The first-order chi connectivity index (χ1) is 12.4. The second kappa shape index (κ2) is 7.09. The van der Waals surface area contributed by atoms with Gasteiger partial charge in [0.2, 0.25) is 0 Å². The van der Waals surface area contributed by atoms with Crippen LogP contribution >= 0.6 is 7.05 Å². The van der Waals surface area contributed by atoms with Gasteiger partial charge in [-0.25, -0.2) is 0 Å². The predicted molar refractivity (Wildman–Crippen MR) is 110 cm³/mol. The molecule has 1 aliphatic rings. The van der Waals surface area contributed by atoms with Crippen molar-refractivity contribution >= 4 is 23.4 Å². The Morgan fingerprint density at radius 3 is 1.48 bits per heavy atom. The summed E-state index contributed by atoms with van der Waals surface area (Å²) < 4.78 is 5.42. The second-order valence-corrected chi connectivity index (χ2v) is 9.25. The molecule has 0 amide bonds.